The largest absolute Gasteiger partial charge is 0.370 e. The molecule has 1 amide bonds. The van der Waals surface area contributed by atoms with Crippen molar-refractivity contribution in [1.82, 2.24) is 10.2 Å². The van der Waals surface area contributed by atoms with Crippen LogP contribution in [-0.2, 0) is 4.79 Å². The van der Waals surface area contributed by atoms with Gasteiger partial charge in [0.1, 0.15) is 0 Å². The van der Waals surface area contributed by atoms with Crippen LogP contribution in [0.5, 0.6) is 0 Å². The summed E-state index contributed by atoms with van der Waals surface area (Å²) < 4.78 is 0. The minimum Gasteiger partial charge on any atom is -0.370 e. The van der Waals surface area contributed by atoms with Crippen molar-refractivity contribution in [2.24, 2.45) is 5.73 Å². The lowest BCUT2D eigenvalue weighted by molar-refractivity contribution is -0.118. The molecule has 4 heteroatoms. The monoisotopic (exact) mass is 225 g/mol. The molecule has 0 radical (unpaired) electrons. The number of nitrogens with one attached hydrogen (secondary N) is 1. The van der Waals surface area contributed by atoms with Crippen LogP contribution in [0.4, 0.5) is 0 Å². The second-order valence-corrected chi connectivity index (χ2v) is 5.02. The minimum absolute atomic E-state index is 0.187. The SMILES string of the molecule is NC(=O)CCCNC1CCN2CCCCC12. The Morgan fingerprint density at radius 1 is 1.31 bits per heavy atom. The van der Waals surface area contributed by atoms with E-state index < -0.39 is 0 Å². The molecule has 2 unspecified atom stereocenters. The normalized spacial score (nSPS) is 30.2. The minimum atomic E-state index is -0.187. The maximum Gasteiger partial charge on any atom is 0.217 e. The average molecular weight is 225 g/mol. The lowest BCUT2D eigenvalue weighted by atomic mass is 9.99. The first-order valence-electron chi connectivity index (χ1n) is 6.53. The third-order valence-corrected chi connectivity index (χ3v) is 3.86. The van der Waals surface area contributed by atoms with Crippen LogP contribution in [0.15, 0.2) is 0 Å². The van der Waals surface area contributed by atoms with Gasteiger partial charge in [-0.15, -0.1) is 0 Å². The van der Waals surface area contributed by atoms with Gasteiger partial charge < -0.3 is 11.1 Å². The number of piperidine rings is 1. The first-order chi connectivity index (χ1) is 7.77. The zero-order valence-electron chi connectivity index (χ0n) is 9.95. The van der Waals surface area contributed by atoms with Gasteiger partial charge in [-0.3, -0.25) is 9.69 Å². The Kier molecular flexibility index (Phi) is 4.18. The zero-order chi connectivity index (χ0) is 11.4. The molecule has 0 aromatic carbocycles. The van der Waals surface area contributed by atoms with Crippen molar-refractivity contribution in [2.45, 2.75) is 50.6 Å². The molecule has 2 heterocycles. The highest BCUT2D eigenvalue weighted by Crippen LogP contribution is 2.26. The Hall–Kier alpha value is -0.610. The topological polar surface area (TPSA) is 58.4 Å². The van der Waals surface area contributed by atoms with Gasteiger partial charge in [-0.2, -0.15) is 0 Å². The van der Waals surface area contributed by atoms with Crippen molar-refractivity contribution in [2.75, 3.05) is 19.6 Å². The molecule has 2 atom stereocenters. The summed E-state index contributed by atoms with van der Waals surface area (Å²) in [6.45, 7) is 3.46. The van der Waals surface area contributed by atoms with Gasteiger partial charge in [0.05, 0.1) is 0 Å². The summed E-state index contributed by atoms with van der Waals surface area (Å²) in [6, 6.07) is 1.40. The first kappa shape index (κ1) is 11.9. The molecule has 2 saturated heterocycles. The fourth-order valence-electron chi connectivity index (χ4n) is 3.04. The molecule has 3 N–H and O–H groups in total. The van der Waals surface area contributed by atoms with Crippen LogP contribution in [-0.4, -0.2) is 42.5 Å². The highest BCUT2D eigenvalue weighted by Gasteiger charge is 2.34. The molecule has 4 nitrogen and oxygen atoms in total. The molecule has 92 valence electrons. The Morgan fingerprint density at radius 3 is 3.00 bits per heavy atom. The van der Waals surface area contributed by atoms with Crippen LogP contribution >= 0.6 is 0 Å². The third kappa shape index (κ3) is 2.95. The predicted octanol–water partition coefficient (Wildman–Crippen LogP) is 0.468. The van der Waals surface area contributed by atoms with Crippen molar-refractivity contribution in [1.29, 1.82) is 0 Å². The van der Waals surface area contributed by atoms with Crippen molar-refractivity contribution in [3.63, 3.8) is 0 Å². The van der Waals surface area contributed by atoms with E-state index in [4.69, 9.17) is 5.73 Å². The summed E-state index contributed by atoms with van der Waals surface area (Å²) in [5.74, 6) is -0.187. The van der Waals surface area contributed by atoms with Gasteiger partial charge in [0, 0.05) is 25.0 Å². The number of nitrogens with zero attached hydrogens (tertiary/aromatic N) is 1. The van der Waals surface area contributed by atoms with Gasteiger partial charge >= 0.3 is 0 Å². The number of primary amides is 1. The maximum absolute atomic E-state index is 10.6. The second kappa shape index (κ2) is 5.64. The standard InChI is InChI=1S/C12H23N3O/c13-12(16)5-3-7-14-10-6-9-15-8-2-1-4-11(10)15/h10-11,14H,1-9H2,(H2,13,16). The third-order valence-electron chi connectivity index (χ3n) is 3.86. The van der Waals surface area contributed by atoms with Gasteiger partial charge in [0.2, 0.25) is 5.91 Å². The summed E-state index contributed by atoms with van der Waals surface area (Å²) in [7, 11) is 0. The predicted molar refractivity (Wildman–Crippen MR) is 64.0 cm³/mol. The van der Waals surface area contributed by atoms with E-state index in [1.165, 1.54) is 38.8 Å². The van der Waals surface area contributed by atoms with E-state index in [-0.39, 0.29) is 5.91 Å². The number of rotatable bonds is 5. The highest BCUT2D eigenvalue weighted by molar-refractivity contribution is 5.73. The van der Waals surface area contributed by atoms with E-state index in [1.807, 2.05) is 0 Å². The molecular formula is C12H23N3O. The number of nitrogens with two attached hydrogens (primary N) is 1. The molecule has 0 aliphatic carbocycles. The van der Waals surface area contributed by atoms with Crippen LogP contribution in [0.3, 0.4) is 0 Å². The van der Waals surface area contributed by atoms with Crippen molar-refractivity contribution in [3.8, 4) is 0 Å². The molecule has 2 aliphatic rings. The summed E-state index contributed by atoms with van der Waals surface area (Å²) in [5, 5.41) is 3.59. The van der Waals surface area contributed by atoms with Crippen LogP contribution in [0.1, 0.15) is 38.5 Å². The van der Waals surface area contributed by atoms with E-state index >= 15 is 0 Å². The number of carbonyl (C=O) groups excluding carboxylic acids is 1. The van der Waals surface area contributed by atoms with Crippen molar-refractivity contribution < 1.29 is 4.79 Å². The van der Waals surface area contributed by atoms with Crippen molar-refractivity contribution in [3.05, 3.63) is 0 Å². The van der Waals surface area contributed by atoms with Gasteiger partial charge in [0.15, 0.2) is 0 Å². The fraction of sp³-hybridized carbons (Fsp3) is 0.917. The van der Waals surface area contributed by atoms with E-state index in [2.05, 4.69) is 10.2 Å². The summed E-state index contributed by atoms with van der Waals surface area (Å²) in [4.78, 5) is 13.2. The Morgan fingerprint density at radius 2 is 2.19 bits per heavy atom. The molecule has 0 spiro atoms. The average Bonchev–Trinajstić information content (AvgIpc) is 2.68. The molecule has 0 saturated carbocycles. The first-order valence-corrected chi connectivity index (χ1v) is 6.53. The lowest BCUT2D eigenvalue weighted by Gasteiger charge is -2.32. The van der Waals surface area contributed by atoms with Crippen LogP contribution in [0.25, 0.3) is 0 Å². The number of hydrogen-bond donors (Lipinski definition) is 2. The zero-order valence-corrected chi connectivity index (χ0v) is 9.95. The molecule has 0 aromatic heterocycles. The fourth-order valence-corrected chi connectivity index (χ4v) is 3.04. The Labute approximate surface area is 97.6 Å². The highest BCUT2D eigenvalue weighted by atomic mass is 16.1. The van der Waals surface area contributed by atoms with E-state index in [1.54, 1.807) is 0 Å². The smallest absolute Gasteiger partial charge is 0.217 e. The quantitative estimate of drug-likeness (QED) is 0.669. The van der Waals surface area contributed by atoms with E-state index in [0.29, 0.717) is 12.5 Å². The van der Waals surface area contributed by atoms with Crippen LogP contribution < -0.4 is 11.1 Å². The number of amides is 1. The molecular weight excluding hydrogens is 202 g/mol. The molecule has 2 aliphatic heterocycles. The second-order valence-electron chi connectivity index (χ2n) is 5.02. The lowest BCUT2D eigenvalue weighted by Crippen LogP contribution is -2.45. The number of carbonyl (C=O) groups is 1. The van der Waals surface area contributed by atoms with Crippen molar-refractivity contribution >= 4 is 5.91 Å². The summed E-state index contributed by atoms with van der Waals surface area (Å²) in [6.07, 6.45) is 6.73. The molecule has 16 heavy (non-hydrogen) atoms. The summed E-state index contributed by atoms with van der Waals surface area (Å²) in [5.41, 5.74) is 5.12. The van der Waals surface area contributed by atoms with Crippen LogP contribution in [0.2, 0.25) is 0 Å². The Bertz CT molecular complexity index is 244. The molecule has 0 bridgehead atoms. The maximum atomic E-state index is 10.6. The van der Waals surface area contributed by atoms with Gasteiger partial charge in [0.25, 0.3) is 0 Å². The van der Waals surface area contributed by atoms with Crippen LogP contribution in [0, 0.1) is 0 Å². The summed E-state index contributed by atoms with van der Waals surface area (Å²) >= 11 is 0. The van der Waals surface area contributed by atoms with Gasteiger partial charge in [-0.25, -0.2) is 0 Å². The molecule has 2 rings (SSSR count). The van der Waals surface area contributed by atoms with E-state index in [9.17, 15) is 4.79 Å². The van der Waals surface area contributed by atoms with Gasteiger partial charge in [-0.05, 0) is 38.8 Å². The molecule has 0 aromatic rings. The number of fused-ring (bicyclic) bond motifs is 1. The molecule has 2 fully saturated rings. The Balaban J connectivity index is 1.67. The van der Waals surface area contributed by atoms with E-state index in [0.717, 1.165) is 19.0 Å². The van der Waals surface area contributed by atoms with Gasteiger partial charge in [-0.1, -0.05) is 6.42 Å². The number of hydrogen-bond acceptors (Lipinski definition) is 3.